The summed E-state index contributed by atoms with van der Waals surface area (Å²) in [6, 6.07) is 0.176. The summed E-state index contributed by atoms with van der Waals surface area (Å²) in [5.41, 5.74) is 7.29. The van der Waals surface area contributed by atoms with Gasteiger partial charge in [-0.15, -0.1) is 17.9 Å². The molecule has 2 nitrogen and oxygen atoms in total. The molecule has 1 aromatic rings. The minimum Gasteiger partial charge on any atom is -0.323 e. The van der Waals surface area contributed by atoms with Gasteiger partial charge in [-0.1, -0.05) is 18.9 Å². The second-order valence-electron chi connectivity index (χ2n) is 4.22. The lowest BCUT2D eigenvalue weighted by Crippen LogP contribution is -2.09. The highest BCUT2D eigenvalue weighted by molar-refractivity contribution is 7.11. The molecule has 0 saturated heterocycles. The van der Waals surface area contributed by atoms with Crippen LogP contribution < -0.4 is 5.73 Å². The molecule has 90 valence electrons. The predicted molar refractivity (Wildman–Crippen MR) is 71.8 cm³/mol. The molecule has 16 heavy (non-hydrogen) atoms. The summed E-state index contributed by atoms with van der Waals surface area (Å²) in [7, 11) is 0. The Morgan fingerprint density at radius 3 is 2.69 bits per heavy atom. The van der Waals surface area contributed by atoms with E-state index in [0.717, 1.165) is 23.5 Å². The van der Waals surface area contributed by atoms with Crippen molar-refractivity contribution in [1.29, 1.82) is 0 Å². The van der Waals surface area contributed by atoms with Crippen molar-refractivity contribution in [2.75, 3.05) is 0 Å². The van der Waals surface area contributed by atoms with Gasteiger partial charge in [0.25, 0.3) is 0 Å². The molecule has 0 saturated carbocycles. The molecule has 1 unspecified atom stereocenters. The fraction of sp³-hybridized carbons (Fsp3) is 0.615. The lowest BCUT2D eigenvalue weighted by Gasteiger charge is -2.09. The molecule has 0 radical (unpaired) electrons. The number of aromatic nitrogens is 1. The zero-order valence-corrected chi connectivity index (χ0v) is 11.1. The van der Waals surface area contributed by atoms with Gasteiger partial charge in [0.1, 0.15) is 0 Å². The summed E-state index contributed by atoms with van der Waals surface area (Å²) in [6.07, 6.45) is 7.85. The molecule has 0 bridgehead atoms. The number of rotatable bonds is 7. The summed E-state index contributed by atoms with van der Waals surface area (Å²) in [5, 5.41) is 1.12. The van der Waals surface area contributed by atoms with Gasteiger partial charge in [-0.2, -0.15) is 0 Å². The van der Waals surface area contributed by atoms with Crippen molar-refractivity contribution < 1.29 is 0 Å². The van der Waals surface area contributed by atoms with Gasteiger partial charge in [0, 0.05) is 10.9 Å². The molecule has 0 fully saturated rings. The van der Waals surface area contributed by atoms with E-state index >= 15 is 0 Å². The van der Waals surface area contributed by atoms with E-state index < -0.39 is 0 Å². The average molecular weight is 238 g/mol. The van der Waals surface area contributed by atoms with Crippen LogP contribution in [0.25, 0.3) is 0 Å². The number of hydrogen-bond donors (Lipinski definition) is 1. The van der Waals surface area contributed by atoms with Gasteiger partial charge < -0.3 is 5.73 Å². The molecule has 0 amide bonds. The molecule has 0 aliphatic heterocycles. The monoisotopic (exact) mass is 238 g/mol. The lowest BCUT2D eigenvalue weighted by molar-refractivity contribution is 0.575. The van der Waals surface area contributed by atoms with Crippen LogP contribution in [-0.2, 0) is 0 Å². The number of nitrogens with zero attached hydrogens (tertiary/aromatic N) is 1. The third-order valence-corrected chi connectivity index (χ3v) is 3.90. The van der Waals surface area contributed by atoms with E-state index in [9.17, 15) is 0 Å². The molecular weight excluding hydrogens is 216 g/mol. The Balaban J connectivity index is 2.32. The van der Waals surface area contributed by atoms with Gasteiger partial charge in [-0.3, -0.25) is 0 Å². The Morgan fingerprint density at radius 2 is 2.12 bits per heavy atom. The minimum absolute atomic E-state index is 0.176. The van der Waals surface area contributed by atoms with Crippen molar-refractivity contribution >= 4 is 11.3 Å². The lowest BCUT2D eigenvalue weighted by atomic mass is 10.1. The maximum atomic E-state index is 6.17. The SMILES string of the molecule is C=CCCCCCC(N)c1sc(C)nc1C. The van der Waals surface area contributed by atoms with Gasteiger partial charge in [-0.25, -0.2) is 4.98 Å². The Morgan fingerprint density at radius 1 is 1.38 bits per heavy atom. The van der Waals surface area contributed by atoms with E-state index in [2.05, 4.69) is 18.5 Å². The summed E-state index contributed by atoms with van der Waals surface area (Å²) in [6.45, 7) is 7.82. The summed E-state index contributed by atoms with van der Waals surface area (Å²) < 4.78 is 0. The van der Waals surface area contributed by atoms with Crippen LogP contribution in [0.1, 0.15) is 53.7 Å². The Hall–Kier alpha value is -0.670. The number of thiazole rings is 1. The normalized spacial score (nSPS) is 12.7. The summed E-state index contributed by atoms with van der Waals surface area (Å²) >= 11 is 1.74. The molecule has 0 aliphatic carbocycles. The van der Waals surface area contributed by atoms with Crippen LogP contribution in [0.15, 0.2) is 12.7 Å². The first kappa shape index (κ1) is 13.4. The largest absolute Gasteiger partial charge is 0.323 e. The fourth-order valence-corrected chi connectivity index (χ4v) is 2.82. The maximum Gasteiger partial charge on any atom is 0.0900 e. The van der Waals surface area contributed by atoms with E-state index in [0.29, 0.717) is 0 Å². The number of unbranched alkanes of at least 4 members (excludes halogenated alkanes) is 3. The van der Waals surface area contributed by atoms with E-state index in [-0.39, 0.29) is 6.04 Å². The van der Waals surface area contributed by atoms with E-state index in [1.54, 1.807) is 11.3 Å². The van der Waals surface area contributed by atoms with Crippen LogP contribution in [0.4, 0.5) is 0 Å². The minimum atomic E-state index is 0.176. The standard InChI is InChI=1S/C13H22N2S/c1-4-5-6-7-8-9-12(14)13-10(2)15-11(3)16-13/h4,12H,1,5-9,14H2,2-3H3. The first-order valence-electron chi connectivity index (χ1n) is 5.95. The van der Waals surface area contributed by atoms with Crippen LogP contribution >= 0.6 is 11.3 Å². The van der Waals surface area contributed by atoms with E-state index in [1.807, 2.05) is 13.0 Å². The fourth-order valence-electron chi connectivity index (χ4n) is 1.85. The van der Waals surface area contributed by atoms with E-state index in [1.165, 1.54) is 24.1 Å². The molecule has 1 aromatic heterocycles. The van der Waals surface area contributed by atoms with Gasteiger partial charge in [0.05, 0.1) is 10.7 Å². The van der Waals surface area contributed by atoms with Gasteiger partial charge in [-0.05, 0) is 33.1 Å². The Kier molecular flexibility index (Phi) is 5.71. The smallest absolute Gasteiger partial charge is 0.0900 e. The van der Waals surface area contributed by atoms with Crippen molar-refractivity contribution in [3.63, 3.8) is 0 Å². The molecule has 0 aliphatic rings. The van der Waals surface area contributed by atoms with Crippen LogP contribution in [-0.4, -0.2) is 4.98 Å². The van der Waals surface area contributed by atoms with Crippen LogP contribution in [0.3, 0.4) is 0 Å². The van der Waals surface area contributed by atoms with Crippen LogP contribution in [0, 0.1) is 13.8 Å². The molecule has 0 spiro atoms. The summed E-state index contributed by atoms with van der Waals surface area (Å²) in [5.74, 6) is 0. The zero-order valence-electron chi connectivity index (χ0n) is 10.3. The highest BCUT2D eigenvalue weighted by Crippen LogP contribution is 2.26. The molecular formula is C13H22N2S. The first-order chi connectivity index (χ1) is 7.65. The second-order valence-corrected chi connectivity index (χ2v) is 5.45. The Labute approximate surface area is 103 Å². The average Bonchev–Trinajstić information content (AvgIpc) is 2.57. The van der Waals surface area contributed by atoms with Crippen LogP contribution in [0.2, 0.25) is 0 Å². The molecule has 1 atom stereocenters. The zero-order chi connectivity index (χ0) is 12.0. The number of allylic oxidation sites excluding steroid dienone is 1. The maximum absolute atomic E-state index is 6.17. The summed E-state index contributed by atoms with van der Waals surface area (Å²) in [4.78, 5) is 5.68. The quantitative estimate of drug-likeness (QED) is 0.578. The second kappa shape index (κ2) is 6.81. The van der Waals surface area contributed by atoms with E-state index in [4.69, 9.17) is 5.73 Å². The number of hydrogen-bond acceptors (Lipinski definition) is 3. The van der Waals surface area contributed by atoms with Crippen molar-refractivity contribution in [2.45, 2.75) is 52.0 Å². The number of nitrogens with two attached hydrogens (primary N) is 1. The van der Waals surface area contributed by atoms with Gasteiger partial charge in [0.15, 0.2) is 0 Å². The highest BCUT2D eigenvalue weighted by atomic mass is 32.1. The third-order valence-electron chi connectivity index (χ3n) is 2.70. The first-order valence-corrected chi connectivity index (χ1v) is 6.77. The van der Waals surface area contributed by atoms with Crippen molar-refractivity contribution in [2.24, 2.45) is 5.73 Å². The molecule has 0 aromatic carbocycles. The highest BCUT2D eigenvalue weighted by Gasteiger charge is 2.12. The predicted octanol–water partition coefficient (Wildman–Crippen LogP) is 3.90. The Bertz CT molecular complexity index is 331. The molecule has 1 rings (SSSR count). The third kappa shape index (κ3) is 4.06. The van der Waals surface area contributed by atoms with Gasteiger partial charge >= 0.3 is 0 Å². The van der Waals surface area contributed by atoms with Crippen molar-refractivity contribution in [3.05, 3.63) is 28.2 Å². The molecule has 3 heteroatoms. The number of aryl methyl sites for hydroxylation is 2. The van der Waals surface area contributed by atoms with Crippen molar-refractivity contribution in [3.8, 4) is 0 Å². The van der Waals surface area contributed by atoms with Gasteiger partial charge in [0.2, 0.25) is 0 Å². The van der Waals surface area contributed by atoms with Crippen LogP contribution in [0.5, 0.6) is 0 Å². The molecule has 2 N–H and O–H groups in total. The molecule has 1 heterocycles. The topological polar surface area (TPSA) is 38.9 Å². The van der Waals surface area contributed by atoms with Crippen molar-refractivity contribution in [1.82, 2.24) is 4.98 Å².